The quantitative estimate of drug-likeness (QED) is 0.763. The summed E-state index contributed by atoms with van der Waals surface area (Å²) in [6, 6.07) is 4.55. The highest BCUT2D eigenvalue weighted by molar-refractivity contribution is 9.10. The van der Waals surface area contributed by atoms with Crippen LogP contribution in [0, 0.1) is 5.82 Å². The average Bonchev–Trinajstić information content (AvgIpc) is 2.83. The van der Waals surface area contributed by atoms with Gasteiger partial charge in [-0.3, -0.25) is 4.90 Å². The van der Waals surface area contributed by atoms with Gasteiger partial charge in [-0.1, -0.05) is 0 Å². The van der Waals surface area contributed by atoms with Crippen molar-refractivity contribution < 1.29 is 4.39 Å². The van der Waals surface area contributed by atoms with E-state index in [1.165, 1.54) is 12.1 Å². The van der Waals surface area contributed by atoms with E-state index in [2.05, 4.69) is 40.6 Å². The summed E-state index contributed by atoms with van der Waals surface area (Å²) in [6.07, 6.45) is 4.84. The first kappa shape index (κ1) is 18.3. The Kier molecular flexibility index (Phi) is 6.03. The smallest absolute Gasteiger partial charge is 0.173 e. The zero-order valence-corrected chi connectivity index (χ0v) is 16.5. The van der Waals surface area contributed by atoms with Crippen LogP contribution in [0.4, 0.5) is 10.1 Å². The lowest BCUT2D eigenvalue weighted by Crippen LogP contribution is -2.38. The summed E-state index contributed by atoms with van der Waals surface area (Å²) < 4.78 is 15.9. The molecule has 0 radical (unpaired) electrons. The molecule has 0 aliphatic carbocycles. The predicted octanol–water partition coefficient (Wildman–Crippen LogP) is 3.23. The number of anilines is 1. The Morgan fingerprint density at radius 2 is 2.16 bits per heavy atom. The fraction of sp³-hybridized carbons (Fsp3) is 0.412. The molecule has 1 aliphatic heterocycles. The van der Waals surface area contributed by atoms with Gasteiger partial charge in [0.15, 0.2) is 5.11 Å². The molecule has 2 aromatic rings. The van der Waals surface area contributed by atoms with Crippen molar-refractivity contribution in [2.45, 2.75) is 13.0 Å². The highest BCUT2D eigenvalue weighted by atomic mass is 79.9. The molecule has 3 rings (SSSR count). The first-order chi connectivity index (χ1) is 12.0. The zero-order chi connectivity index (χ0) is 17.8. The second-order valence-electron chi connectivity index (χ2n) is 6.13. The van der Waals surface area contributed by atoms with Crippen LogP contribution in [-0.2, 0) is 13.6 Å². The number of aromatic nitrogens is 2. The summed E-state index contributed by atoms with van der Waals surface area (Å²) in [4.78, 5) is 8.97. The number of imidazole rings is 1. The number of nitrogens with zero attached hydrogens (tertiary/aromatic N) is 4. The van der Waals surface area contributed by atoms with Crippen LogP contribution in [0.25, 0.3) is 0 Å². The van der Waals surface area contributed by atoms with Crippen LogP contribution in [0.15, 0.2) is 35.1 Å². The Bertz CT molecular complexity index is 750. The molecule has 0 atom stereocenters. The highest BCUT2D eigenvalue weighted by Gasteiger charge is 2.18. The maximum Gasteiger partial charge on any atom is 0.173 e. The Morgan fingerprint density at radius 1 is 1.32 bits per heavy atom. The van der Waals surface area contributed by atoms with E-state index in [4.69, 9.17) is 12.2 Å². The number of benzene rings is 1. The molecule has 1 saturated heterocycles. The maximum atomic E-state index is 13.2. The predicted molar refractivity (Wildman–Crippen MR) is 105 cm³/mol. The third-order valence-corrected chi connectivity index (χ3v) is 5.35. The van der Waals surface area contributed by atoms with Gasteiger partial charge in [0.1, 0.15) is 11.6 Å². The lowest BCUT2D eigenvalue weighted by Gasteiger charge is -2.25. The van der Waals surface area contributed by atoms with Crippen molar-refractivity contribution >= 4 is 38.9 Å². The maximum absolute atomic E-state index is 13.2. The topological polar surface area (TPSA) is 36.3 Å². The molecule has 1 aliphatic rings. The summed E-state index contributed by atoms with van der Waals surface area (Å²) in [5, 5.41) is 3.89. The van der Waals surface area contributed by atoms with Crippen molar-refractivity contribution in [3.63, 3.8) is 0 Å². The van der Waals surface area contributed by atoms with E-state index in [1.54, 1.807) is 6.07 Å². The van der Waals surface area contributed by atoms with Gasteiger partial charge in [0, 0.05) is 50.1 Å². The molecular weight excluding hydrogens is 405 g/mol. The van der Waals surface area contributed by atoms with Crippen LogP contribution in [0.5, 0.6) is 0 Å². The van der Waals surface area contributed by atoms with Crippen molar-refractivity contribution in [1.82, 2.24) is 19.4 Å². The van der Waals surface area contributed by atoms with E-state index in [9.17, 15) is 4.39 Å². The summed E-state index contributed by atoms with van der Waals surface area (Å²) in [5.74, 6) is 0.799. The second-order valence-corrected chi connectivity index (χ2v) is 7.37. The molecule has 0 spiro atoms. The lowest BCUT2D eigenvalue weighted by atomic mass is 10.3. The van der Waals surface area contributed by atoms with Gasteiger partial charge in [0.25, 0.3) is 0 Å². The molecule has 0 unspecified atom stereocenters. The van der Waals surface area contributed by atoms with Crippen molar-refractivity contribution in [2.75, 3.05) is 31.5 Å². The fourth-order valence-electron chi connectivity index (χ4n) is 2.87. The van der Waals surface area contributed by atoms with Gasteiger partial charge < -0.3 is 14.8 Å². The zero-order valence-electron chi connectivity index (χ0n) is 14.1. The van der Waals surface area contributed by atoms with Gasteiger partial charge in [0.2, 0.25) is 0 Å². The van der Waals surface area contributed by atoms with E-state index in [-0.39, 0.29) is 5.82 Å². The normalized spacial score (nSPS) is 15.9. The minimum absolute atomic E-state index is 0.275. The molecule has 0 saturated carbocycles. The minimum Gasteiger partial charge on any atom is -0.348 e. The number of nitrogens with one attached hydrogen (secondary N) is 1. The molecule has 25 heavy (non-hydrogen) atoms. The second kappa shape index (κ2) is 8.25. The summed E-state index contributed by atoms with van der Waals surface area (Å²) in [7, 11) is 2.02. The average molecular weight is 426 g/mol. The molecule has 1 aromatic heterocycles. The fourth-order valence-corrected chi connectivity index (χ4v) is 3.61. The Morgan fingerprint density at radius 3 is 2.88 bits per heavy atom. The molecule has 5 nitrogen and oxygen atoms in total. The van der Waals surface area contributed by atoms with Crippen LogP contribution in [0.2, 0.25) is 0 Å². The highest BCUT2D eigenvalue weighted by Crippen LogP contribution is 2.23. The molecule has 2 heterocycles. The molecule has 0 bridgehead atoms. The Balaban J connectivity index is 1.57. The molecule has 8 heteroatoms. The molecule has 134 valence electrons. The van der Waals surface area contributed by atoms with E-state index in [0.29, 0.717) is 9.59 Å². The van der Waals surface area contributed by atoms with Crippen LogP contribution < -0.4 is 5.32 Å². The Hall–Kier alpha value is -1.51. The monoisotopic (exact) mass is 425 g/mol. The van der Waals surface area contributed by atoms with Gasteiger partial charge in [0.05, 0.1) is 12.2 Å². The molecule has 1 aromatic carbocycles. The van der Waals surface area contributed by atoms with Gasteiger partial charge in [-0.15, -0.1) is 0 Å². The first-order valence-corrected chi connectivity index (χ1v) is 9.42. The number of rotatable bonds is 3. The number of thiocarbonyl (C=S) groups is 1. The van der Waals surface area contributed by atoms with Gasteiger partial charge in [-0.05, 0) is 52.8 Å². The molecular formula is C17H21BrFN5S. The van der Waals surface area contributed by atoms with Gasteiger partial charge in [-0.2, -0.15) is 0 Å². The van der Waals surface area contributed by atoms with Crippen molar-refractivity contribution in [2.24, 2.45) is 7.05 Å². The van der Waals surface area contributed by atoms with Crippen LogP contribution >= 0.6 is 28.1 Å². The third-order valence-electron chi connectivity index (χ3n) is 4.33. The van der Waals surface area contributed by atoms with Gasteiger partial charge in [-0.25, -0.2) is 9.37 Å². The summed E-state index contributed by atoms with van der Waals surface area (Å²) >= 11 is 8.92. The Labute approximate surface area is 161 Å². The minimum atomic E-state index is -0.275. The van der Waals surface area contributed by atoms with Crippen LogP contribution in [0.3, 0.4) is 0 Å². The van der Waals surface area contributed by atoms with Crippen LogP contribution in [0.1, 0.15) is 12.2 Å². The van der Waals surface area contributed by atoms with Crippen molar-refractivity contribution in [3.8, 4) is 0 Å². The van der Waals surface area contributed by atoms with E-state index >= 15 is 0 Å². The first-order valence-electron chi connectivity index (χ1n) is 8.22. The molecule has 1 fully saturated rings. The number of aryl methyl sites for hydroxylation is 1. The van der Waals surface area contributed by atoms with E-state index in [1.807, 2.05) is 19.4 Å². The molecule has 1 N–H and O–H groups in total. The molecule has 0 amide bonds. The standard InChI is InChI=1S/C17H21BrFN5S/c1-22-8-5-20-16(22)12-23-6-2-7-24(10-9-23)17(25)21-15-4-3-13(19)11-14(15)18/h3-5,8,11H,2,6-7,9-10,12H2,1H3,(H,21,25). The van der Waals surface area contributed by atoms with Crippen LogP contribution in [-0.4, -0.2) is 50.6 Å². The van der Waals surface area contributed by atoms with Gasteiger partial charge >= 0.3 is 0 Å². The lowest BCUT2D eigenvalue weighted by molar-refractivity contribution is 0.269. The SMILES string of the molecule is Cn1ccnc1CN1CCCN(C(=S)Nc2ccc(F)cc2Br)CC1. The van der Waals surface area contributed by atoms with E-state index in [0.717, 1.165) is 50.7 Å². The number of halogens is 2. The summed E-state index contributed by atoms with van der Waals surface area (Å²) in [6.45, 7) is 4.56. The van der Waals surface area contributed by atoms with Crippen molar-refractivity contribution in [3.05, 3.63) is 46.7 Å². The van der Waals surface area contributed by atoms with Crippen molar-refractivity contribution in [1.29, 1.82) is 0 Å². The van der Waals surface area contributed by atoms with E-state index < -0.39 is 0 Å². The third kappa shape index (κ3) is 4.77. The number of hydrogen-bond acceptors (Lipinski definition) is 3. The summed E-state index contributed by atoms with van der Waals surface area (Å²) in [5.41, 5.74) is 0.778. The number of hydrogen-bond donors (Lipinski definition) is 1. The largest absolute Gasteiger partial charge is 0.348 e.